The summed E-state index contributed by atoms with van der Waals surface area (Å²) >= 11 is 3.61. The summed E-state index contributed by atoms with van der Waals surface area (Å²) in [6, 6.07) is 9.43. The largest absolute Gasteiger partial charge is 0.320 e. The van der Waals surface area contributed by atoms with E-state index >= 15 is 0 Å². The minimum atomic E-state index is -0.164. The molecule has 0 spiro atoms. The van der Waals surface area contributed by atoms with Crippen LogP contribution in [0.15, 0.2) is 28.7 Å². The van der Waals surface area contributed by atoms with E-state index in [0.717, 1.165) is 10.9 Å². The first-order valence-corrected chi connectivity index (χ1v) is 6.29. The molecule has 3 unspecified atom stereocenters. The van der Waals surface area contributed by atoms with Crippen molar-refractivity contribution in [1.82, 2.24) is 5.32 Å². The Morgan fingerprint density at radius 2 is 2.13 bits per heavy atom. The fourth-order valence-electron chi connectivity index (χ4n) is 3.07. The molecule has 0 aromatic heterocycles. The maximum atomic E-state index is 6.57. The van der Waals surface area contributed by atoms with Gasteiger partial charge in [-0.05, 0) is 30.9 Å². The summed E-state index contributed by atoms with van der Waals surface area (Å²) in [6.07, 6.45) is 3.57. The second-order valence-corrected chi connectivity index (χ2v) is 5.57. The predicted octanol–water partition coefficient (Wildman–Crippen LogP) is 2.13. The molecule has 3 atom stereocenters. The summed E-state index contributed by atoms with van der Waals surface area (Å²) in [5.74, 6) is 0. The molecule has 2 saturated heterocycles. The number of nitrogens with one attached hydrogen (secondary N) is 1. The first-order valence-electron chi connectivity index (χ1n) is 5.50. The molecule has 2 aliphatic rings. The fourth-order valence-corrected chi connectivity index (χ4v) is 3.73. The van der Waals surface area contributed by atoms with Crippen LogP contribution in [0, 0.1) is 0 Å². The van der Waals surface area contributed by atoms with Crippen LogP contribution in [0.25, 0.3) is 0 Å². The molecule has 80 valence electrons. The van der Waals surface area contributed by atoms with Gasteiger partial charge in [-0.15, -0.1) is 0 Å². The Kier molecular flexibility index (Phi) is 2.16. The minimum absolute atomic E-state index is 0.164. The summed E-state index contributed by atoms with van der Waals surface area (Å²) in [4.78, 5) is 0. The van der Waals surface area contributed by atoms with Crippen molar-refractivity contribution in [3.63, 3.8) is 0 Å². The topological polar surface area (TPSA) is 38.0 Å². The molecule has 2 bridgehead atoms. The van der Waals surface area contributed by atoms with Gasteiger partial charge in [0.05, 0.1) is 5.54 Å². The van der Waals surface area contributed by atoms with Crippen LogP contribution in [0.3, 0.4) is 0 Å². The second kappa shape index (κ2) is 3.30. The summed E-state index contributed by atoms with van der Waals surface area (Å²) in [7, 11) is 0. The van der Waals surface area contributed by atoms with Crippen LogP contribution in [0.5, 0.6) is 0 Å². The number of hydrogen-bond donors (Lipinski definition) is 2. The molecule has 0 aliphatic carbocycles. The van der Waals surface area contributed by atoms with E-state index < -0.39 is 0 Å². The Hall–Kier alpha value is -0.380. The average Bonchev–Trinajstić information content (AvgIpc) is 2.78. The lowest BCUT2D eigenvalue weighted by Gasteiger charge is -2.33. The van der Waals surface area contributed by atoms with Gasteiger partial charge < -0.3 is 11.1 Å². The van der Waals surface area contributed by atoms with Gasteiger partial charge in [0.1, 0.15) is 0 Å². The third-order valence-corrected chi connectivity index (χ3v) is 4.51. The number of halogens is 1. The maximum Gasteiger partial charge on any atom is 0.0591 e. The fraction of sp³-hybridized carbons (Fsp3) is 0.500. The van der Waals surface area contributed by atoms with E-state index in [9.17, 15) is 0 Å². The zero-order chi connectivity index (χ0) is 10.5. The normalized spacial score (nSPS) is 38.5. The second-order valence-electron chi connectivity index (χ2n) is 4.72. The Morgan fingerprint density at radius 1 is 1.33 bits per heavy atom. The van der Waals surface area contributed by atoms with Gasteiger partial charge >= 0.3 is 0 Å². The molecular formula is C12H15BrN2. The standard InChI is InChI=1S/C12H15BrN2/c13-10-4-2-1-3-9(10)12(14)7-8-5-6-11(12)15-8/h1-4,8,11,15H,5-7,14H2. The molecule has 0 amide bonds. The number of rotatable bonds is 1. The SMILES string of the molecule is NC1(c2ccccc2Br)CC2CCC1N2. The van der Waals surface area contributed by atoms with E-state index in [4.69, 9.17) is 5.73 Å². The molecule has 2 heterocycles. The van der Waals surface area contributed by atoms with Gasteiger partial charge in [0, 0.05) is 16.6 Å². The lowest BCUT2D eigenvalue weighted by Crippen LogP contribution is -2.47. The summed E-state index contributed by atoms with van der Waals surface area (Å²) in [5.41, 5.74) is 7.66. The van der Waals surface area contributed by atoms with Crippen molar-refractivity contribution >= 4 is 15.9 Å². The first-order chi connectivity index (χ1) is 7.20. The number of hydrogen-bond acceptors (Lipinski definition) is 2. The number of nitrogens with two attached hydrogens (primary N) is 1. The van der Waals surface area contributed by atoms with Crippen molar-refractivity contribution in [3.8, 4) is 0 Å². The van der Waals surface area contributed by atoms with E-state index in [2.05, 4.69) is 39.4 Å². The lowest BCUT2D eigenvalue weighted by molar-refractivity contribution is 0.341. The molecular weight excluding hydrogens is 252 g/mol. The third kappa shape index (κ3) is 1.37. The van der Waals surface area contributed by atoms with Gasteiger partial charge in [-0.25, -0.2) is 0 Å². The lowest BCUT2D eigenvalue weighted by atomic mass is 9.77. The molecule has 0 saturated carbocycles. The van der Waals surface area contributed by atoms with E-state index in [1.807, 2.05) is 6.07 Å². The van der Waals surface area contributed by atoms with Crippen LogP contribution < -0.4 is 11.1 Å². The highest BCUT2D eigenvalue weighted by molar-refractivity contribution is 9.10. The molecule has 3 N–H and O–H groups in total. The van der Waals surface area contributed by atoms with Crippen molar-refractivity contribution in [3.05, 3.63) is 34.3 Å². The Balaban J connectivity index is 2.04. The minimum Gasteiger partial charge on any atom is -0.320 e. The van der Waals surface area contributed by atoms with Gasteiger partial charge in [-0.1, -0.05) is 34.1 Å². The van der Waals surface area contributed by atoms with E-state index in [-0.39, 0.29) is 5.54 Å². The van der Waals surface area contributed by atoms with Crippen molar-refractivity contribution in [2.45, 2.75) is 36.9 Å². The summed E-state index contributed by atoms with van der Waals surface area (Å²) < 4.78 is 1.14. The van der Waals surface area contributed by atoms with Gasteiger partial charge in [0.2, 0.25) is 0 Å². The van der Waals surface area contributed by atoms with E-state index in [1.165, 1.54) is 18.4 Å². The van der Waals surface area contributed by atoms with Crippen molar-refractivity contribution in [2.75, 3.05) is 0 Å². The number of fused-ring (bicyclic) bond motifs is 2. The van der Waals surface area contributed by atoms with Crippen LogP contribution in [-0.2, 0) is 5.54 Å². The highest BCUT2D eigenvalue weighted by Gasteiger charge is 2.49. The van der Waals surface area contributed by atoms with Crippen LogP contribution in [0.4, 0.5) is 0 Å². The van der Waals surface area contributed by atoms with E-state index in [0.29, 0.717) is 12.1 Å². The van der Waals surface area contributed by atoms with Gasteiger partial charge in [-0.2, -0.15) is 0 Å². The molecule has 3 heteroatoms. The smallest absolute Gasteiger partial charge is 0.0591 e. The van der Waals surface area contributed by atoms with Gasteiger partial charge in [0.25, 0.3) is 0 Å². The van der Waals surface area contributed by atoms with Crippen molar-refractivity contribution in [1.29, 1.82) is 0 Å². The Labute approximate surface area is 98.4 Å². The molecule has 2 aliphatic heterocycles. The molecule has 2 nitrogen and oxygen atoms in total. The maximum absolute atomic E-state index is 6.57. The van der Waals surface area contributed by atoms with Crippen molar-refractivity contribution in [2.24, 2.45) is 5.73 Å². The van der Waals surface area contributed by atoms with Crippen LogP contribution in [0.1, 0.15) is 24.8 Å². The zero-order valence-electron chi connectivity index (χ0n) is 8.54. The van der Waals surface area contributed by atoms with Crippen LogP contribution in [-0.4, -0.2) is 12.1 Å². The van der Waals surface area contributed by atoms with Crippen LogP contribution in [0.2, 0.25) is 0 Å². The zero-order valence-corrected chi connectivity index (χ0v) is 10.1. The highest BCUT2D eigenvalue weighted by atomic mass is 79.9. The quantitative estimate of drug-likeness (QED) is 0.818. The summed E-state index contributed by atoms with van der Waals surface area (Å²) in [6.45, 7) is 0. The highest BCUT2D eigenvalue weighted by Crippen LogP contribution is 2.43. The third-order valence-electron chi connectivity index (χ3n) is 3.82. The van der Waals surface area contributed by atoms with Crippen molar-refractivity contribution < 1.29 is 0 Å². The Morgan fingerprint density at radius 3 is 2.73 bits per heavy atom. The Bertz CT molecular complexity index is 393. The molecule has 1 aromatic carbocycles. The first kappa shape index (κ1) is 9.82. The van der Waals surface area contributed by atoms with Gasteiger partial charge in [0.15, 0.2) is 0 Å². The molecule has 2 fully saturated rings. The van der Waals surface area contributed by atoms with E-state index in [1.54, 1.807) is 0 Å². The molecule has 15 heavy (non-hydrogen) atoms. The molecule has 0 radical (unpaired) electrons. The van der Waals surface area contributed by atoms with Crippen LogP contribution >= 0.6 is 15.9 Å². The molecule has 1 aromatic rings. The number of benzene rings is 1. The monoisotopic (exact) mass is 266 g/mol. The summed E-state index contributed by atoms with van der Waals surface area (Å²) in [5, 5.41) is 3.60. The average molecular weight is 267 g/mol. The predicted molar refractivity (Wildman–Crippen MR) is 64.6 cm³/mol. The van der Waals surface area contributed by atoms with Gasteiger partial charge in [-0.3, -0.25) is 0 Å². The molecule has 3 rings (SSSR count).